The highest BCUT2D eigenvalue weighted by molar-refractivity contribution is 5.85. The van der Waals surface area contributed by atoms with Gasteiger partial charge in [-0.05, 0) is 38.3 Å². The van der Waals surface area contributed by atoms with Crippen LogP contribution in [0.15, 0.2) is 18.3 Å². The van der Waals surface area contributed by atoms with Crippen molar-refractivity contribution < 1.29 is 9.66 Å². The quantitative estimate of drug-likeness (QED) is 0.663. The van der Waals surface area contributed by atoms with Gasteiger partial charge in [-0.2, -0.15) is 0 Å². The first-order valence-corrected chi connectivity index (χ1v) is 6.19. The fourth-order valence-electron chi connectivity index (χ4n) is 2.07. The molecule has 0 amide bonds. The fraction of sp³-hybridized carbons (Fsp3) is 0.583. The van der Waals surface area contributed by atoms with Crippen LogP contribution in [0.4, 0.5) is 5.69 Å². The van der Waals surface area contributed by atoms with E-state index in [0.29, 0.717) is 18.4 Å². The predicted octanol–water partition coefficient (Wildman–Crippen LogP) is 2.18. The minimum absolute atomic E-state index is 0. The number of nitrogens with one attached hydrogen (secondary N) is 1. The number of nitrogens with zero attached hydrogens (tertiary/aromatic N) is 2. The molecule has 1 atom stereocenters. The van der Waals surface area contributed by atoms with Gasteiger partial charge in [0.2, 0.25) is 5.88 Å². The van der Waals surface area contributed by atoms with Crippen molar-refractivity contribution in [3.8, 4) is 5.88 Å². The lowest BCUT2D eigenvalue weighted by atomic mass is 9.97. The van der Waals surface area contributed by atoms with Gasteiger partial charge in [0.15, 0.2) is 0 Å². The molecule has 0 spiro atoms. The fourth-order valence-corrected chi connectivity index (χ4v) is 2.07. The van der Waals surface area contributed by atoms with Gasteiger partial charge >= 0.3 is 0 Å². The van der Waals surface area contributed by atoms with Crippen molar-refractivity contribution in [1.29, 1.82) is 0 Å². The van der Waals surface area contributed by atoms with E-state index in [0.717, 1.165) is 19.5 Å². The van der Waals surface area contributed by atoms with Crippen molar-refractivity contribution in [2.45, 2.75) is 19.3 Å². The number of piperidine rings is 1. The predicted molar refractivity (Wildman–Crippen MR) is 73.8 cm³/mol. The van der Waals surface area contributed by atoms with Crippen LogP contribution in [0.25, 0.3) is 0 Å². The van der Waals surface area contributed by atoms with Gasteiger partial charge in [0, 0.05) is 12.1 Å². The summed E-state index contributed by atoms with van der Waals surface area (Å²) < 4.78 is 5.48. The number of aromatic nitrogens is 1. The third-order valence-electron chi connectivity index (χ3n) is 3.11. The Labute approximate surface area is 118 Å². The Kier molecular flexibility index (Phi) is 6.52. The van der Waals surface area contributed by atoms with Crippen LogP contribution in [0.3, 0.4) is 0 Å². The van der Waals surface area contributed by atoms with Gasteiger partial charge in [0.1, 0.15) is 6.20 Å². The molecule has 2 rings (SSSR count). The Morgan fingerprint density at radius 1 is 1.53 bits per heavy atom. The van der Waals surface area contributed by atoms with Crippen LogP contribution >= 0.6 is 12.4 Å². The Morgan fingerprint density at radius 3 is 2.95 bits per heavy atom. The van der Waals surface area contributed by atoms with E-state index in [2.05, 4.69) is 10.3 Å². The molecule has 1 aliphatic rings. The third-order valence-corrected chi connectivity index (χ3v) is 3.11. The molecule has 0 radical (unpaired) electrons. The minimum Gasteiger partial charge on any atom is -0.478 e. The van der Waals surface area contributed by atoms with Crippen LogP contribution in [0.2, 0.25) is 0 Å². The molecule has 1 aromatic rings. The minimum atomic E-state index is -0.468. The summed E-state index contributed by atoms with van der Waals surface area (Å²) >= 11 is 0. The second-order valence-corrected chi connectivity index (χ2v) is 4.46. The van der Waals surface area contributed by atoms with E-state index in [1.54, 1.807) is 0 Å². The van der Waals surface area contributed by atoms with Gasteiger partial charge in [-0.1, -0.05) is 0 Å². The smallest absolute Gasteiger partial charge is 0.287 e. The van der Waals surface area contributed by atoms with Gasteiger partial charge < -0.3 is 10.1 Å². The van der Waals surface area contributed by atoms with Crippen LogP contribution in [-0.4, -0.2) is 29.6 Å². The Bertz CT molecular complexity index is 394. The van der Waals surface area contributed by atoms with Crippen LogP contribution in [0, 0.1) is 16.0 Å². The van der Waals surface area contributed by atoms with E-state index in [4.69, 9.17) is 4.74 Å². The molecule has 1 aliphatic heterocycles. The number of nitro groups is 1. The standard InChI is InChI=1S/C12H17N3O3.ClH/c16-15(17)11-3-4-12(14-9-11)18-7-5-10-2-1-6-13-8-10;/h3-4,9-10,13H,1-2,5-8H2;1H. The van der Waals surface area contributed by atoms with E-state index in [1.807, 2.05) is 0 Å². The summed E-state index contributed by atoms with van der Waals surface area (Å²) in [5, 5.41) is 13.8. The zero-order chi connectivity index (χ0) is 12.8. The highest BCUT2D eigenvalue weighted by atomic mass is 35.5. The molecule has 7 heteroatoms. The van der Waals surface area contributed by atoms with Crippen LogP contribution in [0.5, 0.6) is 5.88 Å². The van der Waals surface area contributed by atoms with Crippen molar-refractivity contribution in [2.75, 3.05) is 19.7 Å². The summed E-state index contributed by atoms with van der Waals surface area (Å²) in [5.74, 6) is 1.11. The number of ether oxygens (including phenoxy) is 1. The average molecular weight is 288 g/mol. The number of hydrogen-bond acceptors (Lipinski definition) is 5. The average Bonchev–Trinajstić information content (AvgIpc) is 2.40. The van der Waals surface area contributed by atoms with E-state index in [9.17, 15) is 10.1 Å². The number of halogens is 1. The van der Waals surface area contributed by atoms with Crippen molar-refractivity contribution in [3.05, 3.63) is 28.4 Å². The molecule has 106 valence electrons. The van der Waals surface area contributed by atoms with E-state index < -0.39 is 4.92 Å². The lowest BCUT2D eigenvalue weighted by Crippen LogP contribution is -2.30. The lowest BCUT2D eigenvalue weighted by Gasteiger charge is -2.22. The summed E-state index contributed by atoms with van der Waals surface area (Å²) in [6.07, 6.45) is 4.67. The monoisotopic (exact) mass is 287 g/mol. The van der Waals surface area contributed by atoms with Crippen LogP contribution in [0.1, 0.15) is 19.3 Å². The molecular formula is C12H18ClN3O3. The molecule has 0 aliphatic carbocycles. The van der Waals surface area contributed by atoms with Crippen LogP contribution in [-0.2, 0) is 0 Å². The zero-order valence-corrected chi connectivity index (χ0v) is 11.4. The molecule has 19 heavy (non-hydrogen) atoms. The van der Waals surface area contributed by atoms with E-state index >= 15 is 0 Å². The summed E-state index contributed by atoms with van der Waals surface area (Å²) in [4.78, 5) is 13.9. The molecule has 0 aromatic carbocycles. The third kappa shape index (κ3) is 5.00. The molecular weight excluding hydrogens is 270 g/mol. The van der Waals surface area contributed by atoms with Crippen molar-refractivity contribution >= 4 is 18.1 Å². The number of pyridine rings is 1. The Morgan fingerprint density at radius 2 is 2.37 bits per heavy atom. The van der Waals surface area contributed by atoms with Crippen molar-refractivity contribution in [1.82, 2.24) is 10.3 Å². The highest BCUT2D eigenvalue weighted by Crippen LogP contribution is 2.16. The van der Waals surface area contributed by atoms with Gasteiger partial charge in [0.05, 0.1) is 11.5 Å². The molecule has 1 unspecified atom stereocenters. The highest BCUT2D eigenvalue weighted by Gasteiger charge is 2.13. The summed E-state index contributed by atoms with van der Waals surface area (Å²) in [6.45, 7) is 2.77. The Hall–Kier alpha value is -1.40. The molecule has 1 saturated heterocycles. The second kappa shape index (κ2) is 7.91. The largest absolute Gasteiger partial charge is 0.478 e. The van der Waals surface area contributed by atoms with Crippen molar-refractivity contribution in [2.24, 2.45) is 5.92 Å². The summed E-state index contributed by atoms with van der Waals surface area (Å²) in [6, 6.07) is 2.95. The molecule has 0 bridgehead atoms. The normalized spacial score (nSPS) is 18.4. The first kappa shape index (κ1) is 15.7. The van der Waals surface area contributed by atoms with E-state index in [1.165, 1.54) is 31.2 Å². The molecule has 0 saturated carbocycles. The number of rotatable bonds is 5. The zero-order valence-electron chi connectivity index (χ0n) is 10.6. The maximum absolute atomic E-state index is 10.5. The molecule has 2 heterocycles. The maximum Gasteiger partial charge on any atom is 0.287 e. The first-order valence-electron chi connectivity index (χ1n) is 6.19. The first-order chi connectivity index (χ1) is 8.75. The molecule has 1 fully saturated rings. The molecule has 1 N–H and O–H groups in total. The molecule has 1 aromatic heterocycles. The summed E-state index contributed by atoms with van der Waals surface area (Å²) in [7, 11) is 0. The molecule has 6 nitrogen and oxygen atoms in total. The van der Waals surface area contributed by atoms with Crippen molar-refractivity contribution in [3.63, 3.8) is 0 Å². The van der Waals surface area contributed by atoms with Gasteiger partial charge in [-0.25, -0.2) is 4.98 Å². The van der Waals surface area contributed by atoms with Gasteiger partial charge in [-0.15, -0.1) is 12.4 Å². The Balaban J connectivity index is 0.00000180. The van der Waals surface area contributed by atoms with E-state index in [-0.39, 0.29) is 18.1 Å². The second-order valence-electron chi connectivity index (χ2n) is 4.46. The van der Waals surface area contributed by atoms with Gasteiger partial charge in [-0.3, -0.25) is 10.1 Å². The van der Waals surface area contributed by atoms with Gasteiger partial charge in [0.25, 0.3) is 5.69 Å². The number of hydrogen-bond donors (Lipinski definition) is 1. The van der Waals surface area contributed by atoms with Crippen LogP contribution < -0.4 is 10.1 Å². The maximum atomic E-state index is 10.5. The summed E-state index contributed by atoms with van der Waals surface area (Å²) in [5.41, 5.74) is -0.0150. The SMILES string of the molecule is Cl.O=[N+]([O-])c1ccc(OCCC2CCCNC2)nc1. The lowest BCUT2D eigenvalue weighted by molar-refractivity contribution is -0.385. The topological polar surface area (TPSA) is 77.3 Å².